The molecule has 0 aliphatic carbocycles. The molecule has 2 rings (SSSR count). The van der Waals surface area contributed by atoms with Gasteiger partial charge in [0.15, 0.2) is 0 Å². The van der Waals surface area contributed by atoms with E-state index in [1.807, 2.05) is 31.2 Å². The Hall–Kier alpha value is -2.95. The Labute approximate surface area is 140 Å². The van der Waals surface area contributed by atoms with E-state index in [4.69, 9.17) is 0 Å². The topological polar surface area (TPSA) is 49.4 Å². The van der Waals surface area contributed by atoms with Crippen LogP contribution in [0.1, 0.15) is 11.1 Å². The van der Waals surface area contributed by atoms with Crippen molar-refractivity contribution in [1.29, 1.82) is 0 Å². The number of carbonyl (C=O) groups excluding carboxylic acids is 2. The predicted molar refractivity (Wildman–Crippen MR) is 92.9 cm³/mol. The average molecular weight is 326 g/mol. The molecule has 0 unspecified atom stereocenters. The second-order valence-electron chi connectivity index (χ2n) is 5.50. The first-order valence-electron chi connectivity index (χ1n) is 7.49. The van der Waals surface area contributed by atoms with Crippen LogP contribution in [0.25, 0.3) is 6.08 Å². The third kappa shape index (κ3) is 5.35. The normalized spacial score (nSPS) is 10.6. The van der Waals surface area contributed by atoms with Gasteiger partial charge in [-0.2, -0.15) is 0 Å². The third-order valence-electron chi connectivity index (χ3n) is 3.36. The summed E-state index contributed by atoms with van der Waals surface area (Å²) in [5.74, 6) is -1.11. The highest BCUT2D eigenvalue weighted by molar-refractivity contribution is 5.97. The molecular weight excluding hydrogens is 307 g/mol. The summed E-state index contributed by atoms with van der Waals surface area (Å²) in [6, 6.07) is 13.3. The number of benzene rings is 2. The van der Waals surface area contributed by atoms with Gasteiger partial charge < -0.3 is 10.2 Å². The quantitative estimate of drug-likeness (QED) is 0.858. The molecule has 0 heterocycles. The van der Waals surface area contributed by atoms with E-state index in [2.05, 4.69) is 5.32 Å². The molecule has 4 nitrogen and oxygen atoms in total. The van der Waals surface area contributed by atoms with Crippen molar-refractivity contribution >= 4 is 23.6 Å². The number of halogens is 1. The minimum atomic E-state index is -0.432. The van der Waals surface area contributed by atoms with Crippen molar-refractivity contribution in [3.05, 3.63) is 71.6 Å². The molecule has 0 saturated heterocycles. The van der Waals surface area contributed by atoms with E-state index in [0.717, 1.165) is 11.1 Å². The number of hydrogen-bond acceptors (Lipinski definition) is 2. The SMILES string of the molecule is Cc1ccc(/C=C/C(=O)N(C)CC(=O)Nc2cccc(F)c2)cc1. The van der Waals surface area contributed by atoms with Gasteiger partial charge in [-0.1, -0.05) is 35.9 Å². The molecule has 0 aliphatic rings. The standard InChI is InChI=1S/C19H19FN2O2/c1-14-6-8-15(9-7-14)10-11-19(24)22(2)13-18(23)21-17-5-3-4-16(20)12-17/h3-12H,13H2,1-2H3,(H,21,23)/b11-10+. The van der Waals surface area contributed by atoms with Gasteiger partial charge in [0.25, 0.3) is 0 Å². The summed E-state index contributed by atoms with van der Waals surface area (Å²) in [5, 5.41) is 2.55. The summed E-state index contributed by atoms with van der Waals surface area (Å²) in [6.07, 6.45) is 3.11. The Balaban J connectivity index is 1.88. The Bertz CT molecular complexity index is 754. The number of likely N-dealkylation sites (N-methyl/N-ethyl adjacent to an activating group) is 1. The second kappa shape index (κ2) is 8.06. The molecule has 0 aromatic heterocycles. The van der Waals surface area contributed by atoms with E-state index in [1.165, 1.54) is 36.2 Å². The minimum absolute atomic E-state index is 0.117. The van der Waals surface area contributed by atoms with Gasteiger partial charge in [-0.05, 0) is 36.8 Å². The maximum atomic E-state index is 13.1. The van der Waals surface area contributed by atoms with Gasteiger partial charge in [0.1, 0.15) is 5.82 Å². The number of carbonyl (C=O) groups is 2. The van der Waals surface area contributed by atoms with Crippen molar-refractivity contribution in [2.45, 2.75) is 6.92 Å². The highest BCUT2D eigenvalue weighted by Crippen LogP contribution is 2.09. The van der Waals surface area contributed by atoms with Gasteiger partial charge in [-0.3, -0.25) is 9.59 Å². The Morgan fingerprint density at radius 3 is 2.54 bits per heavy atom. The van der Waals surface area contributed by atoms with Crippen molar-refractivity contribution in [2.75, 3.05) is 18.9 Å². The van der Waals surface area contributed by atoms with Crippen molar-refractivity contribution in [1.82, 2.24) is 4.90 Å². The second-order valence-corrected chi connectivity index (χ2v) is 5.50. The number of hydrogen-bond donors (Lipinski definition) is 1. The third-order valence-corrected chi connectivity index (χ3v) is 3.36. The fourth-order valence-corrected chi connectivity index (χ4v) is 2.03. The number of amides is 2. The Kier molecular flexibility index (Phi) is 5.84. The van der Waals surface area contributed by atoms with E-state index in [1.54, 1.807) is 12.1 Å². The molecule has 0 aliphatic heterocycles. The van der Waals surface area contributed by atoms with Crippen molar-refractivity contribution in [3.8, 4) is 0 Å². The van der Waals surface area contributed by atoms with Crippen LogP contribution >= 0.6 is 0 Å². The zero-order valence-electron chi connectivity index (χ0n) is 13.6. The molecule has 1 N–H and O–H groups in total. The maximum absolute atomic E-state index is 13.1. The lowest BCUT2D eigenvalue weighted by molar-refractivity contribution is -0.129. The average Bonchev–Trinajstić information content (AvgIpc) is 2.53. The molecule has 0 fully saturated rings. The van der Waals surface area contributed by atoms with E-state index in [-0.39, 0.29) is 18.4 Å². The number of aryl methyl sites for hydroxylation is 1. The van der Waals surface area contributed by atoms with Gasteiger partial charge in [0.05, 0.1) is 6.54 Å². The highest BCUT2D eigenvalue weighted by atomic mass is 19.1. The molecule has 0 radical (unpaired) electrons. The van der Waals surface area contributed by atoms with Crippen LogP contribution in [0.4, 0.5) is 10.1 Å². The molecule has 0 saturated carbocycles. The van der Waals surface area contributed by atoms with Crippen LogP contribution in [-0.2, 0) is 9.59 Å². The summed E-state index contributed by atoms with van der Waals surface area (Å²) in [6.45, 7) is 1.87. The summed E-state index contributed by atoms with van der Waals surface area (Å²) in [5.41, 5.74) is 2.41. The van der Waals surface area contributed by atoms with Gasteiger partial charge >= 0.3 is 0 Å². The van der Waals surface area contributed by atoms with Crippen molar-refractivity contribution in [2.24, 2.45) is 0 Å². The Morgan fingerprint density at radius 1 is 1.17 bits per heavy atom. The zero-order valence-corrected chi connectivity index (χ0v) is 13.6. The van der Waals surface area contributed by atoms with Crippen molar-refractivity contribution < 1.29 is 14.0 Å². The van der Waals surface area contributed by atoms with Crippen LogP contribution in [0.15, 0.2) is 54.6 Å². The summed E-state index contributed by atoms with van der Waals surface area (Å²) < 4.78 is 13.1. The first-order valence-corrected chi connectivity index (χ1v) is 7.49. The van der Waals surface area contributed by atoms with E-state index in [0.29, 0.717) is 5.69 Å². The molecule has 0 atom stereocenters. The van der Waals surface area contributed by atoms with Gasteiger partial charge in [-0.25, -0.2) is 4.39 Å². The van der Waals surface area contributed by atoms with Crippen LogP contribution in [0, 0.1) is 12.7 Å². The predicted octanol–water partition coefficient (Wildman–Crippen LogP) is 3.24. The summed E-state index contributed by atoms with van der Waals surface area (Å²) in [4.78, 5) is 25.2. The minimum Gasteiger partial charge on any atom is -0.333 e. The molecule has 124 valence electrons. The fourth-order valence-electron chi connectivity index (χ4n) is 2.03. The lowest BCUT2D eigenvalue weighted by Gasteiger charge is -2.14. The summed E-state index contributed by atoms with van der Waals surface area (Å²) >= 11 is 0. The summed E-state index contributed by atoms with van der Waals surface area (Å²) in [7, 11) is 1.53. The molecule has 5 heteroatoms. The molecule has 2 aromatic carbocycles. The van der Waals surface area contributed by atoms with Gasteiger partial charge in [0.2, 0.25) is 11.8 Å². The molecule has 0 bridgehead atoms. The van der Waals surface area contributed by atoms with Gasteiger partial charge in [0, 0.05) is 18.8 Å². The Morgan fingerprint density at radius 2 is 1.88 bits per heavy atom. The zero-order chi connectivity index (χ0) is 17.5. The lowest BCUT2D eigenvalue weighted by Crippen LogP contribution is -2.33. The van der Waals surface area contributed by atoms with E-state index >= 15 is 0 Å². The largest absolute Gasteiger partial charge is 0.333 e. The molecule has 24 heavy (non-hydrogen) atoms. The number of anilines is 1. The van der Waals surface area contributed by atoms with Crippen LogP contribution in [0.2, 0.25) is 0 Å². The fraction of sp³-hybridized carbons (Fsp3) is 0.158. The van der Waals surface area contributed by atoms with Gasteiger partial charge in [-0.15, -0.1) is 0 Å². The first kappa shape index (κ1) is 17.4. The highest BCUT2D eigenvalue weighted by Gasteiger charge is 2.11. The van der Waals surface area contributed by atoms with Crippen LogP contribution < -0.4 is 5.32 Å². The smallest absolute Gasteiger partial charge is 0.246 e. The maximum Gasteiger partial charge on any atom is 0.246 e. The van der Waals surface area contributed by atoms with Crippen LogP contribution in [-0.4, -0.2) is 30.3 Å². The lowest BCUT2D eigenvalue weighted by atomic mass is 10.1. The first-order chi connectivity index (χ1) is 11.4. The number of nitrogens with one attached hydrogen (secondary N) is 1. The number of nitrogens with zero attached hydrogens (tertiary/aromatic N) is 1. The van der Waals surface area contributed by atoms with E-state index < -0.39 is 5.82 Å². The molecule has 0 spiro atoms. The van der Waals surface area contributed by atoms with Crippen LogP contribution in [0.5, 0.6) is 0 Å². The van der Waals surface area contributed by atoms with Crippen LogP contribution in [0.3, 0.4) is 0 Å². The number of rotatable bonds is 5. The van der Waals surface area contributed by atoms with E-state index in [9.17, 15) is 14.0 Å². The molecule has 2 aromatic rings. The monoisotopic (exact) mass is 326 g/mol. The molecular formula is C19H19FN2O2. The molecule has 2 amide bonds. The van der Waals surface area contributed by atoms with Crippen molar-refractivity contribution in [3.63, 3.8) is 0 Å².